The summed E-state index contributed by atoms with van der Waals surface area (Å²) in [7, 11) is -3.69. The van der Waals surface area contributed by atoms with Crippen LogP contribution in [0.15, 0.2) is 57.9 Å². The number of amides is 1. The van der Waals surface area contributed by atoms with Gasteiger partial charge in [-0.2, -0.15) is 0 Å². The zero-order valence-corrected chi connectivity index (χ0v) is 14.9. The predicted molar refractivity (Wildman–Crippen MR) is 92.4 cm³/mol. The van der Waals surface area contributed by atoms with E-state index in [-0.39, 0.29) is 17.3 Å². The number of aryl methyl sites for hydroxylation is 1. The number of sulfonamides is 1. The van der Waals surface area contributed by atoms with Gasteiger partial charge in [-0.25, -0.2) is 13.1 Å². The third kappa shape index (κ3) is 5.46. The van der Waals surface area contributed by atoms with Crippen LogP contribution in [0.3, 0.4) is 0 Å². The predicted octanol–water partition coefficient (Wildman–Crippen LogP) is 2.35. The molecule has 0 aliphatic rings. The average Bonchev–Trinajstić information content (AvgIpc) is 2.53. The van der Waals surface area contributed by atoms with Gasteiger partial charge in [0.2, 0.25) is 15.9 Å². The molecule has 0 aliphatic heterocycles. The minimum absolute atomic E-state index is 0.118. The molecule has 0 radical (unpaired) electrons. The van der Waals surface area contributed by atoms with Gasteiger partial charge >= 0.3 is 0 Å². The fraction of sp³-hybridized carbons (Fsp3) is 0.188. The molecule has 2 N–H and O–H groups in total. The Morgan fingerprint density at radius 3 is 2.26 bits per heavy atom. The van der Waals surface area contributed by atoms with Crippen molar-refractivity contribution < 1.29 is 13.2 Å². The molecule has 2 aromatic carbocycles. The van der Waals surface area contributed by atoms with Crippen LogP contribution in [0, 0.1) is 6.92 Å². The van der Waals surface area contributed by atoms with Gasteiger partial charge in [-0.3, -0.25) is 4.79 Å². The molecule has 5 nitrogen and oxygen atoms in total. The fourth-order valence-electron chi connectivity index (χ4n) is 1.83. The molecule has 122 valence electrons. The number of hydrogen-bond acceptors (Lipinski definition) is 3. The molecule has 0 fully saturated rings. The largest absolute Gasteiger partial charge is 0.351 e. The summed E-state index contributed by atoms with van der Waals surface area (Å²) in [6.07, 6.45) is 0. The number of carbonyl (C=O) groups excluding carboxylic acids is 1. The lowest BCUT2D eigenvalue weighted by Gasteiger charge is -2.08. The first-order chi connectivity index (χ1) is 10.9. The van der Waals surface area contributed by atoms with Crippen LogP contribution in [0.4, 0.5) is 0 Å². The molecule has 0 heterocycles. The second-order valence-electron chi connectivity index (χ2n) is 5.04. The van der Waals surface area contributed by atoms with Crippen molar-refractivity contribution >= 4 is 31.9 Å². The van der Waals surface area contributed by atoms with Crippen molar-refractivity contribution in [2.75, 3.05) is 6.54 Å². The third-order valence-electron chi connectivity index (χ3n) is 3.16. The summed E-state index contributed by atoms with van der Waals surface area (Å²) in [5.41, 5.74) is 2.10. The first kappa shape index (κ1) is 17.7. The summed E-state index contributed by atoms with van der Waals surface area (Å²) in [6.45, 7) is 2.04. The molecule has 2 aromatic rings. The molecule has 7 heteroatoms. The number of benzene rings is 2. The number of rotatable bonds is 6. The van der Waals surface area contributed by atoms with Crippen LogP contribution in [0.1, 0.15) is 11.1 Å². The molecule has 0 aromatic heterocycles. The van der Waals surface area contributed by atoms with Crippen LogP contribution in [0.2, 0.25) is 0 Å². The van der Waals surface area contributed by atoms with Crippen molar-refractivity contribution in [1.82, 2.24) is 10.0 Å². The van der Waals surface area contributed by atoms with Crippen molar-refractivity contribution in [1.29, 1.82) is 0 Å². The highest BCUT2D eigenvalue weighted by molar-refractivity contribution is 9.10. The molecule has 0 spiro atoms. The van der Waals surface area contributed by atoms with E-state index in [1.807, 2.05) is 31.2 Å². The van der Waals surface area contributed by atoms with Crippen molar-refractivity contribution in [2.45, 2.75) is 18.4 Å². The monoisotopic (exact) mass is 396 g/mol. The SMILES string of the molecule is Cc1ccc(CNC(=O)CNS(=O)(=O)c2ccc(Br)cc2)cc1. The van der Waals surface area contributed by atoms with Gasteiger partial charge in [-0.05, 0) is 36.8 Å². The first-order valence-electron chi connectivity index (χ1n) is 6.94. The summed E-state index contributed by atoms with van der Waals surface area (Å²) in [5, 5.41) is 2.68. The zero-order valence-electron chi connectivity index (χ0n) is 12.5. The Morgan fingerprint density at radius 2 is 1.65 bits per heavy atom. The minimum Gasteiger partial charge on any atom is -0.351 e. The van der Waals surface area contributed by atoms with E-state index in [0.29, 0.717) is 6.54 Å². The molecule has 0 aliphatic carbocycles. The van der Waals surface area contributed by atoms with E-state index in [9.17, 15) is 13.2 Å². The molecule has 0 bridgehead atoms. The van der Waals surface area contributed by atoms with Gasteiger partial charge < -0.3 is 5.32 Å². The Hall–Kier alpha value is -1.70. The van der Waals surface area contributed by atoms with Crippen molar-refractivity contribution in [3.8, 4) is 0 Å². The van der Waals surface area contributed by atoms with Crippen LogP contribution in [-0.2, 0) is 21.4 Å². The van der Waals surface area contributed by atoms with E-state index in [0.717, 1.165) is 15.6 Å². The Kier molecular flexibility index (Phi) is 5.92. The number of halogens is 1. The van der Waals surface area contributed by atoms with Crippen molar-refractivity contribution in [2.24, 2.45) is 0 Å². The lowest BCUT2D eigenvalue weighted by Crippen LogP contribution is -2.36. The zero-order chi connectivity index (χ0) is 16.9. The fourth-order valence-corrected chi connectivity index (χ4v) is 3.07. The highest BCUT2D eigenvalue weighted by Crippen LogP contribution is 2.14. The maximum Gasteiger partial charge on any atom is 0.241 e. The highest BCUT2D eigenvalue weighted by Gasteiger charge is 2.15. The molecular weight excluding hydrogens is 380 g/mol. The van der Waals surface area contributed by atoms with Gasteiger partial charge in [0.1, 0.15) is 0 Å². The Balaban J connectivity index is 1.86. The highest BCUT2D eigenvalue weighted by atomic mass is 79.9. The van der Waals surface area contributed by atoms with Gasteiger partial charge in [-0.15, -0.1) is 0 Å². The molecule has 1 amide bonds. The van der Waals surface area contributed by atoms with E-state index in [1.165, 1.54) is 12.1 Å². The molecule has 0 unspecified atom stereocenters. The first-order valence-corrected chi connectivity index (χ1v) is 9.22. The Morgan fingerprint density at radius 1 is 1.04 bits per heavy atom. The molecule has 2 rings (SSSR count). The smallest absolute Gasteiger partial charge is 0.241 e. The van der Waals surface area contributed by atoms with E-state index in [4.69, 9.17) is 0 Å². The quantitative estimate of drug-likeness (QED) is 0.786. The maximum atomic E-state index is 12.1. The van der Waals surface area contributed by atoms with Crippen LogP contribution < -0.4 is 10.0 Å². The Bertz CT molecular complexity index is 772. The number of nitrogens with one attached hydrogen (secondary N) is 2. The van der Waals surface area contributed by atoms with Crippen LogP contribution in [0.25, 0.3) is 0 Å². The molecular formula is C16H17BrN2O3S. The summed E-state index contributed by atoms with van der Waals surface area (Å²) >= 11 is 3.24. The standard InChI is InChI=1S/C16H17BrN2O3S/c1-12-2-4-13(5-3-12)10-18-16(20)11-19-23(21,22)15-8-6-14(17)7-9-15/h2-9,19H,10-11H2,1H3,(H,18,20). The number of carbonyl (C=O) groups is 1. The second-order valence-corrected chi connectivity index (χ2v) is 7.72. The summed E-state index contributed by atoms with van der Waals surface area (Å²) in [6, 6.07) is 13.9. The summed E-state index contributed by atoms with van der Waals surface area (Å²) in [4.78, 5) is 11.9. The van der Waals surface area contributed by atoms with Gasteiger partial charge in [0, 0.05) is 11.0 Å². The van der Waals surface area contributed by atoms with Crippen LogP contribution in [0.5, 0.6) is 0 Å². The van der Waals surface area contributed by atoms with E-state index in [2.05, 4.69) is 26.0 Å². The van der Waals surface area contributed by atoms with Gasteiger partial charge in [0.15, 0.2) is 0 Å². The van der Waals surface area contributed by atoms with Crippen molar-refractivity contribution in [3.63, 3.8) is 0 Å². The summed E-state index contributed by atoms with van der Waals surface area (Å²) in [5.74, 6) is -0.383. The van der Waals surface area contributed by atoms with Crippen molar-refractivity contribution in [3.05, 3.63) is 64.1 Å². The van der Waals surface area contributed by atoms with Gasteiger partial charge in [0.25, 0.3) is 0 Å². The van der Waals surface area contributed by atoms with Gasteiger partial charge in [0.05, 0.1) is 11.4 Å². The van der Waals surface area contributed by atoms with E-state index >= 15 is 0 Å². The lowest BCUT2D eigenvalue weighted by molar-refractivity contribution is -0.120. The Labute approximate surface area is 144 Å². The second kappa shape index (κ2) is 7.72. The minimum atomic E-state index is -3.69. The molecule has 0 atom stereocenters. The molecule has 0 saturated carbocycles. The maximum absolute atomic E-state index is 12.1. The van der Waals surface area contributed by atoms with Crippen LogP contribution in [-0.4, -0.2) is 20.9 Å². The van der Waals surface area contributed by atoms with E-state index in [1.54, 1.807) is 12.1 Å². The lowest BCUT2D eigenvalue weighted by atomic mass is 10.1. The number of hydrogen-bond donors (Lipinski definition) is 2. The van der Waals surface area contributed by atoms with Crippen LogP contribution >= 0.6 is 15.9 Å². The topological polar surface area (TPSA) is 75.3 Å². The average molecular weight is 397 g/mol. The normalized spacial score (nSPS) is 11.2. The summed E-state index contributed by atoms with van der Waals surface area (Å²) < 4.78 is 27.2. The molecule has 0 saturated heterocycles. The van der Waals surface area contributed by atoms with E-state index < -0.39 is 10.0 Å². The third-order valence-corrected chi connectivity index (χ3v) is 5.10. The molecule has 23 heavy (non-hydrogen) atoms. The van der Waals surface area contributed by atoms with Gasteiger partial charge in [-0.1, -0.05) is 45.8 Å².